The van der Waals surface area contributed by atoms with E-state index >= 15 is 0 Å². The first kappa shape index (κ1) is 22.6. The first-order chi connectivity index (χ1) is 14.1. The van der Waals surface area contributed by atoms with Gasteiger partial charge in [0, 0.05) is 49.5 Å². The van der Waals surface area contributed by atoms with Crippen LogP contribution in [-0.4, -0.2) is 79.1 Å². The average molecular weight is 417 g/mol. The second-order valence-corrected chi connectivity index (χ2v) is 9.79. The number of piperazine rings is 1. The molecule has 0 radical (unpaired) electrons. The van der Waals surface area contributed by atoms with Gasteiger partial charge in [-0.05, 0) is 56.1 Å². The molecule has 2 saturated heterocycles. The van der Waals surface area contributed by atoms with Crippen LogP contribution in [0, 0.1) is 11.3 Å². The van der Waals surface area contributed by atoms with Crippen LogP contribution in [0.5, 0.6) is 0 Å². The van der Waals surface area contributed by atoms with Crippen LogP contribution in [0.2, 0.25) is 0 Å². The van der Waals surface area contributed by atoms with Gasteiger partial charge in [0.15, 0.2) is 0 Å². The summed E-state index contributed by atoms with van der Waals surface area (Å²) >= 11 is 0. The second kappa shape index (κ2) is 9.35. The zero-order valence-corrected chi connectivity index (χ0v) is 18.7. The third-order valence-corrected chi connectivity index (χ3v) is 6.43. The maximum atomic E-state index is 12.9. The van der Waals surface area contributed by atoms with Crippen molar-refractivity contribution >= 4 is 23.3 Å². The summed E-state index contributed by atoms with van der Waals surface area (Å²) < 4.78 is 0. The number of carboxylic acids is 1. The normalized spacial score (nSPS) is 23.9. The largest absolute Gasteiger partial charge is 0.480 e. The van der Waals surface area contributed by atoms with Crippen molar-refractivity contribution in [3.8, 4) is 0 Å². The molecule has 2 aliphatic rings. The number of carbonyl (C=O) groups excluding carboxylic acids is 1. The van der Waals surface area contributed by atoms with Crippen LogP contribution < -0.4 is 10.2 Å². The van der Waals surface area contributed by atoms with Crippen LogP contribution in [-0.2, 0) is 9.59 Å². The van der Waals surface area contributed by atoms with Crippen molar-refractivity contribution in [2.75, 3.05) is 56.5 Å². The van der Waals surface area contributed by atoms with Crippen molar-refractivity contribution in [2.45, 2.75) is 39.7 Å². The topological polar surface area (TPSA) is 76.1 Å². The van der Waals surface area contributed by atoms with E-state index in [1.165, 1.54) is 5.69 Å². The zero-order valence-electron chi connectivity index (χ0n) is 18.7. The molecule has 2 fully saturated rings. The number of carbonyl (C=O) groups is 2. The Balaban J connectivity index is 1.59. The molecule has 1 aromatic carbocycles. The SMILES string of the molecule is CN1CCN(c2ccc(NC(=O)C3CCN(CC(=O)O)C(C(C)(C)C)C3)cc2)CC1. The Morgan fingerprint density at radius 1 is 1.07 bits per heavy atom. The molecule has 1 amide bonds. The molecule has 0 bridgehead atoms. The van der Waals surface area contributed by atoms with Crippen molar-refractivity contribution in [1.82, 2.24) is 9.80 Å². The van der Waals surface area contributed by atoms with Gasteiger partial charge < -0.3 is 20.2 Å². The predicted octanol–water partition coefficient (Wildman–Crippen LogP) is 2.59. The van der Waals surface area contributed by atoms with Crippen LogP contribution in [0.3, 0.4) is 0 Å². The molecular weight excluding hydrogens is 380 g/mol. The number of rotatable bonds is 5. The summed E-state index contributed by atoms with van der Waals surface area (Å²) in [6.45, 7) is 11.2. The standard InChI is InChI=1S/C23H36N4O3/c1-23(2,3)20-15-17(9-10-27(20)16-21(28)29)22(30)24-18-5-7-19(8-6-18)26-13-11-25(4)12-14-26/h5-8,17,20H,9-16H2,1-4H3,(H,24,30)(H,28,29). The van der Waals surface area contributed by atoms with E-state index in [2.05, 4.69) is 55.1 Å². The summed E-state index contributed by atoms with van der Waals surface area (Å²) in [5, 5.41) is 12.3. The van der Waals surface area contributed by atoms with Gasteiger partial charge in [0.2, 0.25) is 5.91 Å². The lowest BCUT2D eigenvalue weighted by atomic mass is 9.76. The Morgan fingerprint density at radius 2 is 1.70 bits per heavy atom. The van der Waals surface area contributed by atoms with Crippen molar-refractivity contribution in [3.63, 3.8) is 0 Å². The summed E-state index contributed by atoms with van der Waals surface area (Å²) in [5.41, 5.74) is 1.92. The smallest absolute Gasteiger partial charge is 0.317 e. The Bertz CT molecular complexity index is 736. The van der Waals surface area contributed by atoms with Gasteiger partial charge in [0.1, 0.15) is 0 Å². The fourth-order valence-electron chi connectivity index (χ4n) is 4.58. The highest BCUT2D eigenvalue weighted by atomic mass is 16.4. The van der Waals surface area contributed by atoms with Crippen LogP contribution in [0.1, 0.15) is 33.6 Å². The number of benzene rings is 1. The highest BCUT2D eigenvalue weighted by Gasteiger charge is 2.39. The van der Waals surface area contributed by atoms with Gasteiger partial charge in [-0.1, -0.05) is 20.8 Å². The molecule has 2 N–H and O–H groups in total. The molecule has 0 spiro atoms. The average Bonchev–Trinajstić information content (AvgIpc) is 2.68. The Hall–Kier alpha value is -2.12. The lowest BCUT2D eigenvalue weighted by molar-refractivity contribution is -0.140. The Kier molecular flexibility index (Phi) is 7.03. The van der Waals surface area contributed by atoms with E-state index < -0.39 is 5.97 Å². The number of carboxylic acid groups (broad SMARTS) is 1. The molecule has 7 heteroatoms. The third-order valence-electron chi connectivity index (χ3n) is 6.43. The highest BCUT2D eigenvalue weighted by Crippen LogP contribution is 2.35. The number of amides is 1. The van der Waals surface area contributed by atoms with E-state index in [0.29, 0.717) is 19.4 Å². The molecule has 0 aliphatic carbocycles. The highest BCUT2D eigenvalue weighted by molar-refractivity contribution is 5.92. The summed E-state index contributed by atoms with van der Waals surface area (Å²) in [4.78, 5) is 30.9. The van der Waals surface area contributed by atoms with E-state index in [9.17, 15) is 14.7 Å². The number of nitrogens with one attached hydrogen (secondary N) is 1. The number of aliphatic carboxylic acids is 1. The number of anilines is 2. The van der Waals surface area contributed by atoms with E-state index in [1.807, 2.05) is 17.0 Å². The monoisotopic (exact) mass is 416 g/mol. The van der Waals surface area contributed by atoms with Crippen molar-refractivity contribution < 1.29 is 14.7 Å². The maximum absolute atomic E-state index is 12.9. The van der Waals surface area contributed by atoms with E-state index in [4.69, 9.17) is 0 Å². The predicted molar refractivity (Wildman–Crippen MR) is 120 cm³/mol. The molecule has 3 rings (SSSR count). The minimum atomic E-state index is -0.812. The zero-order chi connectivity index (χ0) is 21.9. The first-order valence-electron chi connectivity index (χ1n) is 10.9. The summed E-state index contributed by atoms with van der Waals surface area (Å²) in [5.74, 6) is -0.879. The van der Waals surface area contributed by atoms with Crippen molar-refractivity contribution in [2.24, 2.45) is 11.3 Å². The molecule has 2 aliphatic heterocycles. The fraction of sp³-hybridized carbons (Fsp3) is 0.652. The lowest BCUT2D eigenvalue weighted by Gasteiger charge is -2.45. The second-order valence-electron chi connectivity index (χ2n) is 9.79. The van der Waals surface area contributed by atoms with Gasteiger partial charge in [-0.2, -0.15) is 0 Å². The number of likely N-dealkylation sites (tertiary alicyclic amines) is 1. The Morgan fingerprint density at radius 3 is 2.27 bits per heavy atom. The van der Waals surface area contributed by atoms with Crippen molar-refractivity contribution in [1.29, 1.82) is 0 Å². The maximum Gasteiger partial charge on any atom is 0.317 e. The molecule has 7 nitrogen and oxygen atoms in total. The number of likely N-dealkylation sites (N-methyl/N-ethyl adjacent to an activating group) is 1. The molecule has 0 saturated carbocycles. The minimum Gasteiger partial charge on any atom is -0.480 e. The Labute approximate surface area is 180 Å². The number of hydrogen-bond acceptors (Lipinski definition) is 5. The van der Waals surface area contributed by atoms with E-state index in [0.717, 1.165) is 31.9 Å². The molecule has 30 heavy (non-hydrogen) atoms. The quantitative estimate of drug-likeness (QED) is 0.768. The lowest BCUT2D eigenvalue weighted by Crippen LogP contribution is -2.52. The van der Waals surface area contributed by atoms with Gasteiger partial charge in [0.05, 0.1) is 6.54 Å². The summed E-state index contributed by atoms with van der Waals surface area (Å²) in [6, 6.07) is 8.18. The molecule has 2 heterocycles. The number of piperidine rings is 1. The third kappa shape index (κ3) is 5.73. The minimum absolute atomic E-state index is 0.0318. The van der Waals surface area contributed by atoms with Crippen molar-refractivity contribution in [3.05, 3.63) is 24.3 Å². The first-order valence-corrected chi connectivity index (χ1v) is 10.9. The summed E-state index contributed by atoms with van der Waals surface area (Å²) in [7, 11) is 2.15. The van der Waals surface area contributed by atoms with Crippen LogP contribution >= 0.6 is 0 Å². The fourth-order valence-corrected chi connectivity index (χ4v) is 4.58. The number of hydrogen-bond donors (Lipinski definition) is 2. The molecule has 2 atom stereocenters. The molecule has 166 valence electrons. The van der Waals surface area contributed by atoms with Gasteiger partial charge >= 0.3 is 5.97 Å². The van der Waals surface area contributed by atoms with Crippen LogP contribution in [0.25, 0.3) is 0 Å². The molecule has 2 unspecified atom stereocenters. The van der Waals surface area contributed by atoms with Crippen LogP contribution in [0.4, 0.5) is 11.4 Å². The number of nitrogens with zero attached hydrogens (tertiary/aromatic N) is 3. The van der Waals surface area contributed by atoms with Gasteiger partial charge in [-0.15, -0.1) is 0 Å². The van der Waals surface area contributed by atoms with Crippen LogP contribution in [0.15, 0.2) is 24.3 Å². The van der Waals surface area contributed by atoms with Gasteiger partial charge in [-0.3, -0.25) is 14.5 Å². The summed E-state index contributed by atoms with van der Waals surface area (Å²) in [6.07, 6.45) is 1.37. The molecular formula is C23H36N4O3. The van der Waals surface area contributed by atoms with E-state index in [1.54, 1.807) is 0 Å². The molecule has 0 aromatic heterocycles. The van der Waals surface area contributed by atoms with Gasteiger partial charge in [0.25, 0.3) is 0 Å². The molecule has 1 aromatic rings. The van der Waals surface area contributed by atoms with Gasteiger partial charge in [-0.25, -0.2) is 0 Å². The van der Waals surface area contributed by atoms with E-state index in [-0.39, 0.29) is 29.8 Å².